The van der Waals surface area contributed by atoms with Gasteiger partial charge in [-0.15, -0.1) is 0 Å². The third-order valence-electron chi connectivity index (χ3n) is 5.05. The van der Waals surface area contributed by atoms with Gasteiger partial charge in [0.15, 0.2) is 0 Å². The Bertz CT molecular complexity index is 564. The van der Waals surface area contributed by atoms with Crippen molar-refractivity contribution in [2.75, 3.05) is 78.0 Å². The van der Waals surface area contributed by atoms with E-state index in [9.17, 15) is 4.79 Å². The van der Waals surface area contributed by atoms with Crippen molar-refractivity contribution in [3.63, 3.8) is 0 Å². The fraction of sp³-hybridized carbons (Fsp3) is 0.632. The van der Waals surface area contributed by atoms with Crippen LogP contribution in [-0.2, 0) is 16.1 Å². The van der Waals surface area contributed by atoms with Crippen LogP contribution >= 0.6 is 0 Å². The van der Waals surface area contributed by atoms with Crippen molar-refractivity contribution in [1.82, 2.24) is 14.7 Å². The standard InChI is InChI=1S/C19H30N4O2/c1-20(2)18-6-4-3-5-17(18)15-21-7-9-23(10-8-21)19(24)16-22-11-13-25-14-12-22/h3-6H,7-16H2,1-2H3. The number of hydrogen-bond acceptors (Lipinski definition) is 5. The number of rotatable bonds is 5. The average Bonchev–Trinajstić information content (AvgIpc) is 2.63. The molecule has 1 amide bonds. The van der Waals surface area contributed by atoms with Gasteiger partial charge in [-0.05, 0) is 11.6 Å². The van der Waals surface area contributed by atoms with Crippen molar-refractivity contribution in [2.24, 2.45) is 0 Å². The Kier molecular flexibility index (Phi) is 6.29. The van der Waals surface area contributed by atoms with E-state index in [1.54, 1.807) is 0 Å². The molecule has 2 saturated heterocycles. The fourth-order valence-corrected chi connectivity index (χ4v) is 3.53. The van der Waals surface area contributed by atoms with E-state index in [1.165, 1.54) is 11.3 Å². The topological polar surface area (TPSA) is 39.3 Å². The molecule has 1 aromatic rings. The largest absolute Gasteiger partial charge is 0.379 e. The highest BCUT2D eigenvalue weighted by Crippen LogP contribution is 2.20. The molecule has 0 atom stereocenters. The lowest BCUT2D eigenvalue weighted by molar-refractivity contribution is -0.135. The molecule has 2 aliphatic rings. The van der Waals surface area contributed by atoms with E-state index in [4.69, 9.17) is 4.74 Å². The Morgan fingerprint density at radius 2 is 1.68 bits per heavy atom. The van der Waals surface area contributed by atoms with E-state index >= 15 is 0 Å². The van der Waals surface area contributed by atoms with Crippen LogP contribution < -0.4 is 4.90 Å². The number of carbonyl (C=O) groups excluding carboxylic acids is 1. The molecular weight excluding hydrogens is 316 g/mol. The molecule has 0 aliphatic carbocycles. The van der Waals surface area contributed by atoms with Crippen LogP contribution in [0.4, 0.5) is 5.69 Å². The molecule has 2 fully saturated rings. The van der Waals surface area contributed by atoms with Gasteiger partial charge in [0.2, 0.25) is 5.91 Å². The van der Waals surface area contributed by atoms with Crippen LogP contribution in [0.15, 0.2) is 24.3 Å². The third kappa shape index (κ3) is 4.93. The van der Waals surface area contributed by atoms with Gasteiger partial charge in [-0.1, -0.05) is 18.2 Å². The van der Waals surface area contributed by atoms with Gasteiger partial charge >= 0.3 is 0 Å². The van der Waals surface area contributed by atoms with Gasteiger partial charge in [-0.3, -0.25) is 14.6 Å². The number of morpholine rings is 1. The maximum atomic E-state index is 12.5. The second-order valence-electron chi connectivity index (χ2n) is 7.07. The summed E-state index contributed by atoms with van der Waals surface area (Å²) in [6.45, 7) is 8.24. The summed E-state index contributed by atoms with van der Waals surface area (Å²) >= 11 is 0. The smallest absolute Gasteiger partial charge is 0.236 e. The Labute approximate surface area is 150 Å². The molecule has 0 radical (unpaired) electrons. The lowest BCUT2D eigenvalue weighted by Crippen LogP contribution is -2.52. The van der Waals surface area contributed by atoms with Crippen molar-refractivity contribution in [3.05, 3.63) is 29.8 Å². The van der Waals surface area contributed by atoms with Crippen LogP contribution in [0.3, 0.4) is 0 Å². The molecule has 0 aromatic heterocycles. The summed E-state index contributed by atoms with van der Waals surface area (Å²) < 4.78 is 5.35. The molecule has 0 unspecified atom stereocenters. The molecule has 0 spiro atoms. The zero-order valence-electron chi connectivity index (χ0n) is 15.5. The first kappa shape index (κ1) is 18.2. The van der Waals surface area contributed by atoms with E-state index in [1.807, 2.05) is 4.90 Å². The summed E-state index contributed by atoms with van der Waals surface area (Å²) in [6, 6.07) is 8.55. The van der Waals surface area contributed by atoms with Gasteiger partial charge in [0.05, 0.1) is 19.8 Å². The molecule has 6 nitrogen and oxygen atoms in total. The monoisotopic (exact) mass is 346 g/mol. The second-order valence-corrected chi connectivity index (χ2v) is 7.07. The minimum absolute atomic E-state index is 0.259. The normalized spacial score (nSPS) is 19.8. The minimum atomic E-state index is 0.259. The maximum absolute atomic E-state index is 12.5. The molecular formula is C19H30N4O2. The van der Waals surface area contributed by atoms with E-state index in [0.717, 1.165) is 59.0 Å². The van der Waals surface area contributed by atoms with E-state index in [2.05, 4.69) is 53.1 Å². The molecule has 0 saturated carbocycles. The zero-order valence-corrected chi connectivity index (χ0v) is 15.5. The number of nitrogens with zero attached hydrogens (tertiary/aromatic N) is 4. The van der Waals surface area contributed by atoms with Crippen LogP contribution in [-0.4, -0.2) is 93.7 Å². The number of piperazine rings is 1. The summed E-state index contributed by atoms with van der Waals surface area (Å²) in [4.78, 5) is 21.3. The first-order valence-corrected chi connectivity index (χ1v) is 9.19. The van der Waals surface area contributed by atoms with Gasteiger partial charge in [-0.2, -0.15) is 0 Å². The lowest BCUT2D eigenvalue weighted by atomic mass is 10.1. The Hall–Kier alpha value is -1.63. The molecule has 1 aromatic carbocycles. The third-order valence-corrected chi connectivity index (χ3v) is 5.05. The maximum Gasteiger partial charge on any atom is 0.236 e. The number of amides is 1. The second kappa shape index (κ2) is 8.65. The number of carbonyl (C=O) groups is 1. The molecule has 3 rings (SSSR count). The minimum Gasteiger partial charge on any atom is -0.379 e. The van der Waals surface area contributed by atoms with Crippen molar-refractivity contribution >= 4 is 11.6 Å². The van der Waals surface area contributed by atoms with E-state index in [-0.39, 0.29) is 5.91 Å². The molecule has 6 heteroatoms. The SMILES string of the molecule is CN(C)c1ccccc1CN1CCN(C(=O)CN2CCOCC2)CC1. The summed E-state index contributed by atoms with van der Waals surface area (Å²) in [7, 11) is 4.17. The summed E-state index contributed by atoms with van der Waals surface area (Å²) in [5, 5.41) is 0. The number of anilines is 1. The highest BCUT2D eigenvalue weighted by Gasteiger charge is 2.23. The van der Waals surface area contributed by atoms with Gasteiger partial charge in [0.1, 0.15) is 0 Å². The molecule has 2 aliphatic heterocycles. The Morgan fingerprint density at radius 3 is 2.36 bits per heavy atom. The fourth-order valence-electron chi connectivity index (χ4n) is 3.53. The first-order valence-electron chi connectivity index (χ1n) is 9.19. The summed E-state index contributed by atoms with van der Waals surface area (Å²) in [5.41, 5.74) is 2.62. The van der Waals surface area contributed by atoms with Crippen LogP contribution in [0.1, 0.15) is 5.56 Å². The molecule has 25 heavy (non-hydrogen) atoms. The number of hydrogen-bond donors (Lipinski definition) is 0. The van der Waals surface area contributed by atoms with E-state index in [0.29, 0.717) is 6.54 Å². The number of ether oxygens (including phenoxy) is 1. The van der Waals surface area contributed by atoms with Crippen molar-refractivity contribution in [1.29, 1.82) is 0 Å². The Morgan fingerprint density at radius 1 is 1.00 bits per heavy atom. The Balaban J connectivity index is 1.48. The van der Waals surface area contributed by atoms with Crippen molar-refractivity contribution in [3.8, 4) is 0 Å². The molecule has 138 valence electrons. The van der Waals surface area contributed by atoms with Gasteiger partial charge in [0.25, 0.3) is 0 Å². The highest BCUT2D eigenvalue weighted by molar-refractivity contribution is 5.78. The van der Waals surface area contributed by atoms with Crippen LogP contribution in [0.25, 0.3) is 0 Å². The lowest BCUT2D eigenvalue weighted by Gasteiger charge is -2.36. The molecule has 0 bridgehead atoms. The van der Waals surface area contributed by atoms with Gasteiger partial charge in [0, 0.05) is 65.6 Å². The van der Waals surface area contributed by atoms with Crippen LogP contribution in [0.5, 0.6) is 0 Å². The van der Waals surface area contributed by atoms with Crippen molar-refractivity contribution < 1.29 is 9.53 Å². The zero-order chi connectivity index (χ0) is 17.6. The van der Waals surface area contributed by atoms with Crippen LogP contribution in [0.2, 0.25) is 0 Å². The predicted molar refractivity (Wildman–Crippen MR) is 99.9 cm³/mol. The average molecular weight is 346 g/mol. The van der Waals surface area contributed by atoms with Gasteiger partial charge < -0.3 is 14.5 Å². The summed E-state index contributed by atoms with van der Waals surface area (Å²) in [5.74, 6) is 0.259. The van der Waals surface area contributed by atoms with Crippen molar-refractivity contribution in [2.45, 2.75) is 6.54 Å². The highest BCUT2D eigenvalue weighted by atomic mass is 16.5. The number of para-hydroxylation sites is 1. The summed E-state index contributed by atoms with van der Waals surface area (Å²) in [6.07, 6.45) is 0. The van der Waals surface area contributed by atoms with Crippen LogP contribution in [0, 0.1) is 0 Å². The molecule has 2 heterocycles. The molecule has 0 N–H and O–H groups in total. The first-order chi connectivity index (χ1) is 12.1. The predicted octanol–water partition coefficient (Wildman–Crippen LogP) is 0.729. The van der Waals surface area contributed by atoms with Gasteiger partial charge in [-0.25, -0.2) is 0 Å². The quantitative estimate of drug-likeness (QED) is 0.786. The van der Waals surface area contributed by atoms with E-state index < -0.39 is 0 Å². The number of benzene rings is 1.